The molecule has 1 N–H and O–H groups in total. The quantitative estimate of drug-likeness (QED) is 0.910. The Bertz CT molecular complexity index is 473. The summed E-state index contributed by atoms with van der Waals surface area (Å²) in [5.41, 5.74) is 0.311. The van der Waals surface area contributed by atoms with E-state index in [0.29, 0.717) is 13.1 Å². The van der Waals surface area contributed by atoms with Gasteiger partial charge in [-0.25, -0.2) is 4.39 Å². The molecule has 1 unspecified atom stereocenters. The van der Waals surface area contributed by atoms with Gasteiger partial charge in [-0.2, -0.15) is 0 Å². The molecule has 0 spiro atoms. The van der Waals surface area contributed by atoms with Gasteiger partial charge in [0.2, 0.25) is 5.91 Å². The Balaban J connectivity index is 2.02. The molecule has 4 nitrogen and oxygen atoms in total. The lowest BCUT2D eigenvalue weighted by Gasteiger charge is -2.42. The normalized spacial score (nSPS) is 21.8. The predicted octanol–water partition coefficient (Wildman–Crippen LogP) is 1.37. The van der Waals surface area contributed by atoms with Crippen molar-refractivity contribution in [3.05, 3.63) is 35.6 Å². The molecule has 1 aromatic carbocycles. The fourth-order valence-electron chi connectivity index (χ4n) is 2.47. The molecule has 0 aromatic heterocycles. The predicted molar refractivity (Wildman–Crippen MR) is 72.7 cm³/mol. The Morgan fingerprint density at radius 2 is 2.10 bits per heavy atom. The number of nitrogens with zero attached hydrogens (tertiary/aromatic N) is 1. The first kappa shape index (κ1) is 14.9. The first-order valence-electron chi connectivity index (χ1n) is 6.70. The molecular formula is C15H20FNO3. The van der Waals surface area contributed by atoms with Gasteiger partial charge in [0.1, 0.15) is 5.82 Å². The van der Waals surface area contributed by atoms with Crippen LogP contribution in [0.15, 0.2) is 24.3 Å². The number of carbonyl (C=O) groups is 1. The number of hydrogen-bond acceptors (Lipinski definition) is 3. The summed E-state index contributed by atoms with van der Waals surface area (Å²) in [5, 5.41) is 9.24. The van der Waals surface area contributed by atoms with Crippen LogP contribution in [0.2, 0.25) is 0 Å². The molecule has 0 saturated carbocycles. The van der Waals surface area contributed by atoms with Crippen LogP contribution < -0.4 is 0 Å². The number of aliphatic hydroxyl groups is 1. The van der Waals surface area contributed by atoms with Gasteiger partial charge in [0, 0.05) is 13.1 Å². The number of morpholine rings is 1. The lowest BCUT2D eigenvalue weighted by atomic mass is 10.0. The molecular weight excluding hydrogens is 261 g/mol. The molecule has 0 aliphatic carbocycles. The number of aliphatic hydroxyl groups excluding tert-OH is 1. The van der Waals surface area contributed by atoms with E-state index in [1.54, 1.807) is 17.0 Å². The number of rotatable bonds is 3. The van der Waals surface area contributed by atoms with Crippen molar-refractivity contribution in [2.45, 2.75) is 32.0 Å². The Kier molecular flexibility index (Phi) is 4.40. The molecule has 1 fully saturated rings. The highest BCUT2D eigenvalue weighted by atomic mass is 19.1. The van der Waals surface area contributed by atoms with E-state index in [0.717, 1.165) is 5.56 Å². The minimum atomic E-state index is -0.468. The lowest BCUT2D eigenvalue weighted by molar-refractivity contribution is -0.166. The molecule has 1 aromatic rings. The van der Waals surface area contributed by atoms with Crippen molar-refractivity contribution in [1.82, 2.24) is 4.90 Å². The fourth-order valence-corrected chi connectivity index (χ4v) is 2.47. The number of hydrogen-bond donors (Lipinski definition) is 1. The number of benzene rings is 1. The summed E-state index contributed by atoms with van der Waals surface area (Å²) in [6.45, 7) is 4.56. The van der Waals surface area contributed by atoms with Crippen LogP contribution in [-0.2, 0) is 16.0 Å². The molecule has 1 heterocycles. The minimum absolute atomic E-state index is 0.0357. The maximum Gasteiger partial charge on any atom is 0.227 e. The number of ether oxygens (including phenoxy) is 1. The van der Waals surface area contributed by atoms with E-state index in [9.17, 15) is 14.3 Å². The van der Waals surface area contributed by atoms with Crippen molar-refractivity contribution in [3.8, 4) is 0 Å². The summed E-state index contributed by atoms with van der Waals surface area (Å²) < 4.78 is 18.5. The van der Waals surface area contributed by atoms with Crippen molar-refractivity contribution in [1.29, 1.82) is 0 Å². The molecule has 1 amide bonds. The van der Waals surface area contributed by atoms with Crippen LogP contribution in [0.5, 0.6) is 0 Å². The van der Waals surface area contributed by atoms with Crippen molar-refractivity contribution >= 4 is 5.91 Å². The number of amides is 1. The number of halogens is 1. The Morgan fingerprint density at radius 1 is 1.45 bits per heavy atom. The first-order valence-corrected chi connectivity index (χ1v) is 6.70. The summed E-state index contributed by atoms with van der Waals surface area (Å²) in [6, 6.07) is 5.93. The SMILES string of the molecule is CC1(C)CN(C(=O)Cc2ccc(F)cc2)CC(CO)O1. The number of carbonyl (C=O) groups excluding carboxylic acids is 1. The van der Waals surface area contributed by atoms with Gasteiger partial charge in [0.25, 0.3) is 0 Å². The molecule has 0 radical (unpaired) electrons. The van der Waals surface area contributed by atoms with Crippen molar-refractivity contribution < 1.29 is 19.0 Å². The van der Waals surface area contributed by atoms with Crippen molar-refractivity contribution in [2.75, 3.05) is 19.7 Å². The molecule has 1 aliphatic rings. The molecule has 1 saturated heterocycles. The zero-order valence-electron chi connectivity index (χ0n) is 11.8. The van der Waals surface area contributed by atoms with Gasteiger partial charge in [-0.05, 0) is 31.5 Å². The van der Waals surface area contributed by atoms with Gasteiger partial charge in [-0.3, -0.25) is 4.79 Å². The third-order valence-electron chi connectivity index (χ3n) is 3.31. The van der Waals surface area contributed by atoms with E-state index in [2.05, 4.69) is 0 Å². The molecule has 110 valence electrons. The third kappa shape index (κ3) is 3.77. The second kappa shape index (κ2) is 5.89. The van der Waals surface area contributed by atoms with E-state index in [1.807, 2.05) is 13.8 Å². The fraction of sp³-hybridized carbons (Fsp3) is 0.533. The average molecular weight is 281 g/mol. The highest BCUT2D eigenvalue weighted by molar-refractivity contribution is 5.79. The Labute approximate surface area is 118 Å². The van der Waals surface area contributed by atoms with E-state index >= 15 is 0 Å². The topological polar surface area (TPSA) is 49.8 Å². The second-order valence-electron chi connectivity index (χ2n) is 5.76. The van der Waals surface area contributed by atoms with Crippen molar-refractivity contribution in [3.63, 3.8) is 0 Å². The van der Waals surface area contributed by atoms with Crippen LogP contribution in [0.3, 0.4) is 0 Å². The van der Waals surface area contributed by atoms with Crippen LogP contribution in [0.4, 0.5) is 4.39 Å². The molecule has 0 bridgehead atoms. The van der Waals surface area contributed by atoms with Gasteiger partial charge < -0.3 is 14.7 Å². The first-order chi connectivity index (χ1) is 9.39. The summed E-state index contributed by atoms with van der Waals surface area (Å²) in [6.07, 6.45) is -0.120. The van der Waals surface area contributed by atoms with Crippen LogP contribution in [0.1, 0.15) is 19.4 Å². The lowest BCUT2D eigenvalue weighted by Crippen LogP contribution is -2.55. The smallest absolute Gasteiger partial charge is 0.227 e. The van der Waals surface area contributed by atoms with Crippen LogP contribution >= 0.6 is 0 Å². The van der Waals surface area contributed by atoms with Gasteiger partial charge in [0.15, 0.2) is 0 Å². The zero-order valence-corrected chi connectivity index (χ0v) is 11.8. The summed E-state index contributed by atoms with van der Waals surface area (Å²) in [7, 11) is 0. The van der Waals surface area contributed by atoms with Gasteiger partial charge >= 0.3 is 0 Å². The molecule has 1 atom stereocenters. The van der Waals surface area contributed by atoms with Gasteiger partial charge in [-0.1, -0.05) is 12.1 Å². The van der Waals surface area contributed by atoms with E-state index in [-0.39, 0.29) is 30.9 Å². The Morgan fingerprint density at radius 3 is 2.70 bits per heavy atom. The third-order valence-corrected chi connectivity index (χ3v) is 3.31. The van der Waals surface area contributed by atoms with E-state index < -0.39 is 5.60 Å². The highest BCUT2D eigenvalue weighted by Crippen LogP contribution is 2.21. The molecule has 2 rings (SSSR count). The zero-order chi connectivity index (χ0) is 14.8. The summed E-state index contributed by atoms with van der Waals surface area (Å²) >= 11 is 0. The average Bonchev–Trinajstić information content (AvgIpc) is 2.39. The second-order valence-corrected chi connectivity index (χ2v) is 5.76. The van der Waals surface area contributed by atoms with Crippen LogP contribution in [0, 0.1) is 5.82 Å². The van der Waals surface area contributed by atoms with Crippen molar-refractivity contribution in [2.24, 2.45) is 0 Å². The summed E-state index contributed by atoms with van der Waals surface area (Å²) in [5.74, 6) is -0.347. The van der Waals surface area contributed by atoms with Gasteiger partial charge in [-0.15, -0.1) is 0 Å². The van der Waals surface area contributed by atoms with E-state index in [4.69, 9.17) is 4.74 Å². The Hall–Kier alpha value is -1.46. The highest BCUT2D eigenvalue weighted by Gasteiger charge is 2.35. The van der Waals surface area contributed by atoms with Gasteiger partial charge in [0.05, 0.1) is 24.7 Å². The summed E-state index contributed by atoms with van der Waals surface area (Å²) in [4.78, 5) is 14.0. The minimum Gasteiger partial charge on any atom is -0.394 e. The molecule has 20 heavy (non-hydrogen) atoms. The van der Waals surface area contributed by atoms with Crippen LogP contribution in [0.25, 0.3) is 0 Å². The van der Waals surface area contributed by atoms with E-state index in [1.165, 1.54) is 12.1 Å². The molecule has 5 heteroatoms. The van der Waals surface area contributed by atoms with Crippen LogP contribution in [-0.4, -0.2) is 47.3 Å². The largest absolute Gasteiger partial charge is 0.394 e. The molecule has 1 aliphatic heterocycles. The maximum atomic E-state index is 12.8. The monoisotopic (exact) mass is 281 g/mol. The standard InChI is InChI=1S/C15H20FNO3/c1-15(2)10-17(8-13(9-18)20-15)14(19)7-11-3-5-12(16)6-4-11/h3-6,13,18H,7-10H2,1-2H3. The maximum absolute atomic E-state index is 12.8.